The van der Waals surface area contributed by atoms with E-state index in [0.717, 1.165) is 29.9 Å². The second-order valence-electron chi connectivity index (χ2n) is 17.8. The lowest BCUT2D eigenvalue weighted by Gasteiger charge is -2.26. The monoisotopic (exact) mass is 835 g/mol. The zero-order valence-electron chi connectivity index (χ0n) is 39.2. The van der Waals surface area contributed by atoms with Gasteiger partial charge in [0.2, 0.25) is 0 Å². The van der Waals surface area contributed by atoms with Crippen LogP contribution in [0, 0.1) is 13.8 Å². The summed E-state index contributed by atoms with van der Waals surface area (Å²) in [6.45, 7) is 8.86. The van der Waals surface area contributed by atoms with Gasteiger partial charge in [-0.2, -0.15) is 0 Å². The van der Waals surface area contributed by atoms with Crippen molar-refractivity contribution in [1.29, 1.82) is 0 Å². The number of aromatic nitrogens is 1. The molecule has 0 bridgehead atoms. The largest absolute Gasteiger partial charge is 0.311 e. The van der Waals surface area contributed by atoms with Crippen molar-refractivity contribution in [3.8, 4) is 39.1 Å². The van der Waals surface area contributed by atoms with Crippen LogP contribution < -0.4 is 4.90 Å². The number of fused-ring (bicyclic) bond motifs is 3. The molecule has 1 aromatic heterocycles. The van der Waals surface area contributed by atoms with E-state index in [2.05, 4.69) is 195 Å². The highest BCUT2D eigenvalue weighted by Gasteiger charge is 2.19. The summed E-state index contributed by atoms with van der Waals surface area (Å²) in [7, 11) is 0. The van der Waals surface area contributed by atoms with Crippen molar-refractivity contribution in [1.82, 2.24) is 4.57 Å². The molecule has 9 aromatic rings. The molecule has 0 saturated carbocycles. The molecule has 0 aliphatic rings. The summed E-state index contributed by atoms with van der Waals surface area (Å²) in [4.78, 5) is 2.27. The van der Waals surface area contributed by atoms with E-state index in [1.807, 2.05) is 18.2 Å². The van der Waals surface area contributed by atoms with Crippen molar-refractivity contribution in [2.45, 2.75) is 91.9 Å². The first-order valence-electron chi connectivity index (χ1n) is 24.3. The third-order valence-electron chi connectivity index (χ3n) is 13.1. The van der Waals surface area contributed by atoms with Gasteiger partial charge in [0.1, 0.15) is 0 Å². The van der Waals surface area contributed by atoms with Gasteiger partial charge in [0, 0.05) is 33.5 Å². The predicted molar refractivity (Wildman–Crippen MR) is 277 cm³/mol. The number of nitrogens with zero attached hydrogens (tertiary/aromatic N) is 2. The molecule has 0 fully saturated rings. The molecular formula is C62H62N2. The molecule has 0 aliphatic carbocycles. The fourth-order valence-electron chi connectivity index (χ4n) is 9.55. The van der Waals surface area contributed by atoms with Gasteiger partial charge in [-0.3, -0.25) is 0 Å². The molecule has 8 aromatic carbocycles. The van der Waals surface area contributed by atoms with Gasteiger partial charge in [-0.15, -0.1) is 0 Å². The first-order chi connectivity index (χ1) is 31.9. The topological polar surface area (TPSA) is 8.17 Å². The molecule has 0 spiro atoms. The second kappa shape index (κ2) is 19.8. The summed E-state index contributed by atoms with van der Waals surface area (Å²) < 4.78 is 10.9. The Hall–Kier alpha value is -6.64. The highest BCUT2D eigenvalue weighted by Crippen LogP contribution is 2.41. The van der Waals surface area contributed by atoms with Crippen LogP contribution in [0.25, 0.3) is 60.9 Å². The zero-order chi connectivity index (χ0) is 44.7. The van der Waals surface area contributed by atoms with Crippen LogP contribution in [0.2, 0.25) is 0 Å². The normalized spacial score (nSPS) is 11.7. The zero-order valence-corrected chi connectivity index (χ0v) is 38.2. The highest BCUT2D eigenvalue weighted by atomic mass is 15.1. The smallest absolute Gasteiger partial charge is 0.0623 e. The lowest BCUT2D eigenvalue weighted by molar-refractivity contribution is 0.664. The van der Waals surface area contributed by atoms with Gasteiger partial charge in [-0.1, -0.05) is 179 Å². The molecule has 64 heavy (non-hydrogen) atoms. The molecule has 0 aliphatic heterocycles. The predicted octanol–water partition coefficient (Wildman–Crippen LogP) is 18.1. The number of rotatable bonds is 17. The SMILES string of the molecule is [2H]c1cccc(N(c2ccc(C)cc2)c2ccc(-c3cc(CCCCCC)c(-c4ccc5c(c4)c4ccccc4n5-c4ccc(-c5ccc(C)cc5)cc4)cc3CCCCCC)cc2)c1. The fraction of sp³-hybridized carbons (Fsp3) is 0.226. The number of benzene rings is 8. The van der Waals surface area contributed by atoms with Crippen molar-refractivity contribution < 1.29 is 1.37 Å². The molecule has 0 radical (unpaired) electrons. The Labute approximate surface area is 383 Å². The third-order valence-corrected chi connectivity index (χ3v) is 13.1. The number of hydrogen-bond acceptors (Lipinski definition) is 1. The summed E-state index contributed by atoms with van der Waals surface area (Å²) >= 11 is 0. The first-order valence-corrected chi connectivity index (χ1v) is 23.8. The Morgan fingerprint density at radius 2 is 0.922 bits per heavy atom. The van der Waals surface area contributed by atoms with Gasteiger partial charge in [0.15, 0.2) is 0 Å². The molecule has 2 nitrogen and oxygen atoms in total. The van der Waals surface area contributed by atoms with Crippen molar-refractivity contribution in [2.24, 2.45) is 0 Å². The molecule has 320 valence electrons. The van der Waals surface area contributed by atoms with Crippen LogP contribution in [-0.4, -0.2) is 4.57 Å². The summed E-state index contributed by atoms with van der Waals surface area (Å²) in [5.74, 6) is 0. The van der Waals surface area contributed by atoms with Crippen molar-refractivity contribution in [3.05, 3.63) is 204 Å². The van der Waals surface area contributed by atoms with E-state index < -0.39 is 0 Å². The van der Waals surface area contributed by atoms with Gasteiger partial charge in [-0.25, -0.2) is 0 Å². The van der Waals surface area contributed by atoms with Crippen LogP contribution in [-0.2, 0) is 12.8 Å². The molecule has 0 N–H and O–H groups in total. The van der Waals surface area contributed by atoms with E-state index >= 15 is 0 Å². The van der Waals surface area contributed by atoms with Gasteiger partial charge >= 0.3 is 0 Å². The van der Waals surface area contributed by atoms with Gasteiger partial charge < -0.3 is 9.47 Å². The maximum atomic E-state index is 8.43. The van der Waals surface area contributed by atoms with E-state index in [9.17, 15) is 0 Å². The summed E-state index contributed by atoms with van der Waals surface area (Å²) in [5.41, 5.74) is 19.9. The van der Waals surface area contributed by atoms with Gasteiger partial charge in [-0.05, 0) is 151 Å². The molecular weight excluding hydrogens is 773 g/mol. The third kappa shape index (κ3) is 9.20. The van der Waals surface area contributed by atoms with Crippen LogP contribution in [0.3, 0.4) is 0 Å². The number of anilines is 3. The highest BCUT2D eigenvalue weighted by molar-refractivity contribution is 6.10. The minimum absolute atomic E-state index is 0.504. The Kier molecular flexibility index (Phi) is 12.8. The standard InChI is InChI=1S/C62H62N2/c1-5-7-9-12-18-50-43-59(52-34-41-62-60(44-52)57-22-16-17-23-61(57)64(62)56-37-30-48(31-38-56)47-28-24-45(3)25-29-47)51(19-13-10-8-6-2)42-58(50)49-32-39-55(40-33-49)63(53-20-14-11-15-21-53)54-35-26-46(4)27-36-54/h11,14-17,20-44H,5-10,12-13,18-19H2,1-4H3/i14D. The van der Waals surface area contributed by atoms with E-state index in [0.29, 0.717) is 6.04 Å². The van der Waals surface area contributed by atoms with E-state index in [-0.39, 0.29) is 0 Å². The maximum Gasteiger partial charge on any atom is 0.0623 e. The molecule has 2 heteroatoms. The number of unbranched alkanes of at least 4 members (excludes halogenated alkanes) is 6. The van der Waals surface area contributed by atoms with Crippen LogP contribution in [0.1, 0.15) is 88.8 Å². The first kappa shape index (κ1) is 41.4. The molecule has 0 amide bonds. The molecule has 1 heterocycles. The van der Waals surface area contributed by atoms with Gasteiger partial charge in [0.05, 0.1) is 12.4 Å². The lowest BCUT2D eigenvalue weighted by Crippen LogP contribution is -2.09. The molecule has 0 saturated heterocycles. The van der Waals surface area contributed by atoms with Crippen molar-refractivity contribution in [2.75, 3.05) is 4.90 Å². The Morgan fingerprint density at radius 3 is 1.55 bits per heavy atom. The van der Waals surface area contributed by atoms with Crippen LogP contribution in [0.5, 0.6) is 0 Å². The quantitative estimate of drug-likeness (QED) is 0.0830. The summed E-state index contributed by atoms with van der Waals surface area (Å²) in [5, 5.41) is 2.57. The van der Waals surface area contributed by atoms with Crippen LogP contribution >= 0.6 is 0 Å². The lowest BCUT2D eigenvalue weighted by atomic mass is 9.86. The minimum atomic E-state index is 0.504. The Bertz CT molecular complexity index is 3010. The van der Waals surface area contributed by atoms with Crippen LogP contribution in [0.15, 0.2) is 182 Å². The summed E-state index contributed by atoms with van der Waals surface area (Å²) in [6.07, 6.45) is 11.9. The van der Waals surface area contributed by atoms with Crippen molar-refractivity contribution >= 4 is 38.9 Å². The minimum Gasteiger partial charge on any atom is -0.311 e. The number of para-hydroxylation sites is 2. The average molecular weight is 836 g/mol. The maximum absolute atomic E-state index is 8.43. The molecule has 9 rings (SSSR count). The fourth-order valence-corrected chi connectivity index (χ4v) is 9.55. The van der Waals surface area contributed by atoms with E-state index in [1.165, 1.54) is 134 Å². The van der Waals surface area contributed by atoms with E-state index in [1.54, 1.807) is 0 Å². The average Bonchev–Trinajstić information content (AvgIpc) is 3.67. The second-order valence-corrected chi connectivity index (χ2v) is 17.8. The van der Waals surface area contributed by atoms with E-state index in [4.69, 9.17) is 1.37 Å². The Morgan fingerprint density at radius 1 is 0.422 bits per heavy atom. The van der Waals surface area contributed by atoms with Crippen molar-refractivity contribution in [3.63, 3.8) is 0 Å². The summed E-state index contributed by atoms with van der Waals surface area (Å²) in [6, 6.07) is 65.3. The van der Waals surface area contributed by atoms with Crippen LogP contribution in [0.4, 0.5) is 17.1 Å². The molecule has 0 unspecified atom stereocenters. The number of hydrogen-bond donors (Lipinski definition) is 0. The number of aryl methyl sites for hydroxylation is 4. The van der Waals surface area contributed by atoms with Gasteiger partial charge in [0.25, 0.3) is 0 Å². The Balaban J connectivity index is 1.14. The molecule has 0 atom stereocenters.